The number of hydrogen-bond donors (Lipinski definition) is 1. The number of rotatable bonds is 5. The van der Waals surface area contributed by atoms with E-state index in [-0.39, 0.29) is 12.3 Å². The Morgan fingerprint density at radius 3 is 2.54 bits per heavy atom. The smallest absolute Gasteiger partial charge is 0.251 e. The van der Waals surface area contributed by atoms with Gasteiger partial charge < -0.3 is 5.32 Å². The standard InChI is InChI=1S/C21H22N6O/c1-13-8-14(2)25-21(24-13)27-16(4)19(15(3)26-27)10-20(28)23-12-18-7-5-6-17(9-18)11-22/h5-9H,10,12H2,1-4H3,(H,23,28). The summed E-state index contributed by atoms with van der Waals surface area (Å²) in [5.41, 5.74) is 5.70. The van der Waals surface area contributed by atoms with Crippen molar-refractivity contribution in [2.75, 3.05) is 0 Å². The van der Waals surface area contributed by atoms with Crippen molar-refractivity contribution < 1.29 is 4.79 Å². The Labute approximate surface area is 164 Å². The summed E-state index contributed by atoms with van der Waals surface area (Å²) >= 11 is 0. The van der Waals surface area contributed by atoms with Gasteiger partial charge in [-0.3, -0.25) is 4.79 Å². The summed E-state index contributed by atoms with van der Waals surface area (Å²) in [6.45, 7) is 8.00. The van der Waals surface area contributed by atoms with Crippen LogP contribution in [0.2, 0.25) is 0 Å². The number of aryl methyl sites for hydroxylation is 3. The van der Waals surface area contributed by atoms with Crippen molar-refractivity contribution in [3.63, 3.8) is 0 Å². The van der Waals surface area contributed by atoms with E-state index < -0.39 is 0 Å². The van der Waals surface area contributed by atoms with E-state index in [1.54, 1.807) is 16.8 Å². The molecule has 0 saturated heterocycles. The zero-order valence-electron chi connectivity index (χ0n) is 16.4. The fraction of sp³-hybridized carbons (Fsp3) is 0.286. The molecule has 0 spiro atoms. The van der Waals surface area contributed by atoms with E-state index >= 15 is 0 Å². The van der Waals surface area contributed by atoms with Gasteiger partial charge in [0, 0.05) is 29.2 Å². The molecule has 0 atom stereocenters. The van der Waals surface area contributed by atoms with Crippen LogP contribution in [0.25, 0.3) is 5.95 Å². The van der Waals surface area contributed by atoms with Gasteiger partial charge in [-0.1, -0.05) is 12.1 Å². The molecule has 0 aliphatic carbocycles. The molecular formula is C21H22N6O. The van der Waals surface area contributed by atoms with Crippen LogP contribution in [0, 0.1) is 39.0 Å². The molecule has 3 aromatic rings. The highest BCUT2D eigenvalue weighted by molar-refractivity contribution is 5.79. The predicted octanol–water partition coefficient (Wildman–Crippen LogP) is 2.63. The molecule has 0 aliphatic rings. The van der Waals surface area contributed by atoms with Gasteiger partial charge in [0.1, 0.15) is 0 Å². The molecule has 0 fully saturated rings. The van der Waals surface area contributed by atoms with Crippen LogP contribution in [0.5, 0.6) is 0 Å². The van der Waals surface area contributed by atoms with Crippen molar-refractivity contribution in [2.45, 2.75) is 40.7 Å². The lowest BCUT2D eigenvalue weighted by Gasteiger charge is -2.07. The third kappa shape index (κ3) is 4.23. The van der Waals surface area contributed by atoms with Crippen molar-refractivity contribution in [1.82, 2.24) is 25.1 Å². The number of amides is 1. The minimum Gasteiger partial charge on any atom is -0.352 e. The van der Waals surface area contributed by atoms with E-state index in [0.717, 1.165) is 33.9 Å². The average molecular weight is 374 g/mol. The molecule has 7 heteroatoms. The molecule has 1 amide bonds. The molecule has 1 N–H and O–H groups in total. The van der Waals surface area contributed by atoms with Gasteiger partial charge in [-0.05, 0) is 51.5 Å². The van der Waals surface area contributed by atoms with Crippen LogP contribution >= 0.6 is 0 Å². The zero-order chi connectivity index (χ0) is 20.3. The number of carbonyl (C=O) groups excluding carboxylic acids is 1. The van der Waals surface area contributed by atoms with E-state index in [1.165, 1.54) is 0 Å². The van der Waals surface area contributed by atoms with Crippen molar-refractivity contribution in [3.8, 4) is 12.0 Å². The van der Waals surface area contributed by atoms with Crippen LogP contribution in [0.1, 0.15) is 39.5 Å². The molecule has 1 aromatic carbocycles. The maximum atomic E-state index is 12.5. The Balaban J connectivity index is 1.74. The highest BCUT2D eigenvalue weighted by Gasteiger charge is 2.17. The first kappa shape index (κ1) is 19.2. The van der Waals surface area contributed by atoms with E-state index in [4.69, 9.17) is 5.26 Å². The van der Waals surface area contributed by atoms with Gasteiger partial charge in [-0.15, -0.1) is 0 Å². The van der Waals surface area contributed by atoms with Crippen molar-refractivity contribution >= 4 is 5.91 Å². The number of aromatic nitrogens is 4. The molecule has 0 aliphatic heterocycles. The molecule has 0 bridgehead atoms. The van der Waals surface area contributed by atoms with Gasteiger partial charge in [-0.2, -0.15) is 10.4 Å². The quantitative estimate of drug-likeness (QED) is 0.740. The first-order valence-corrected chi connectivity index (χ1v) is 9.01. The second kappa shape index (κ2) is 8.01. The summed E-state index contributed by atoms with van der Waals surface area (Å²) < 4.78 is 1.69. The fourth-order valence-electron chi connectivity index (χ4n) is 3.10. The Morgan fingerprint density at radius 1 is 1.14 bits per heavy atom. The molecule has 3 rings (SSSR count). The summed E-state index contributed by atoms with van der Waals surface area (Å²) in [5.74, 6) is 0.410. The molecule has 2 heterocycles. The highest BCUT2D eigenvalue weighted by atomic mass is 16.1. The van der Waals surface area contributed by atoms with Crippen LogP contribution in [-0.2, 0) is 17.8 Å². The monoisotopic (exact) mass is 374 g/mol. The maximum Gasteiger partial charge on any atom is 0.251 e. The molecule has 2 aromatic heterocycles. The van der Waals surface area contributed by atoms with Crippen LogP contribution in [0.3, 0.4) is 0 Å². The largest absolute Gasteiger partial charge is 0.352 e. The second-order valence-electron chi connectivity index (χ2n) is 6.78. The van der Waals surface area contributed by atoms with E-state index in [0.29, 0.717) is 18.1 Å². The molecule has 7 nitrogen and oxygen atoms in total. The lowest BCUT2D eigenvalue weighted by atomic mass is 10.1. The van der Waals surface area contributed by atoms with Gasteiger partial charge in [-0.25, -0.2) is 14.6 Å². The summed E-state index contributed by atoms with van der Waals surface area (Å²) in [7, 11) is 0. The van der Waals surface area contributed by atoms with E-state index in [9.17, 15) is 4.79 Å². The Bertz CT molecular complexity index is 1060. The molecule has 142 valence electrons. The number of nitrogens with zero attached hydrogens (tertiary/aromatic N) is 5. The van der Waals surface area contributed by atoms with Gasteiger partial charge in [0.2, 0.25) is 5.91 Å². The first-order valence-electron chi connectivity index (χ1n) is 9.01. The lowest BCUT2D eigenvalue weighted by molar-refractivity contribution is -0.120. The Morgan fingerprint density at radius 2 is 1.86 bits per heavy atom. The van der Waals surface area contributed by atoms with Crippen LogP contribution in [0.15, 0.2) is 30.3 Å². The number of nitrogens with one attached hydrogen (secondary N) is 1. The number of hydrogen-bond acceptors (Lipinski definition) is 5. The van der Waals surface area contributed by atoms with E-state index in [2.05, 4.69) is 26.5 Å². The lowest BCUT2D eigenvalue weighted by Crippen LogP contribution is -2.25. The summed E-state index contributed by atoms with van der Waals surface area (Å²) in [4.78, 5) is 21.4. The van der Waals surface area contributed by atoms with Crippen molar-refractivity contribution in [3.05, 3.63) is 69.8 Å². The van der Waals surface area contributed by atoms with Gasteiger partial charge in [0.15, 0.2) is 0 Å². The second-order valence-corrected chi connectivity index (χ2v) is 6.78. The first-order chi connectivity index (χ1) is 13.4. The third-order valence-corrected chi connectivity index (χ3v) is 4.48. The summed E-state index contributed by atoms with van der Waals surface area (Å²) in [6.07, 6.45) is 0.223. The molecule has 0 unspecified atom stereocenters. The normalized spacial score (nSPS) is 10.5. The van der Waals surface area contributed by atoms with E-state index in [1.807, 2.05) is 45.9 Å². The van der Waals surface area contributed by atoms with Crippen LogP contribution in [0.4, 0.5) is 0 Å². The number of benzene rings is 1. The third-order valence-electron chi connectivity index (χ3n) is 4.48. The predicted molar refractivity (Wildman–Crippen MR) is 105 cm³/mol. The summed E-state index contributed by atoms with van der Waals surface area (Å²) in [6, 6.07) is 11.2. The highest BCUT2D eigenvalue weighted by Crippen LogP contribution is 2.17. The minimum atomic E-state index is -0.102. The van der Waals surface area contributed by atoms with Gasteiger partial charge in [0.25, 0.3) is 5.95 Å². The van der Waals surface area contributed by atoms with Crippen molar-refractivity contribution in [1.29, 1.82) is 5.26 Å². The van der Waals surface area contributed by atoms with Crippen molar-refractivity contribution in [2.24, 2.45) is 0 Å². The molecule has 0 radical (unpaired) electrons. The molecule has 0 saturated carbocycles. The topological polar surface area (TPSA) is 96.5 Å². The Hall–Kier alpha value is -3.53. The van der Waals surface area contributed by atoms with Crippen LogP contribution in [-0.4, -0.2) is 25.7 Å². The molecular weight excluding hydrogens is 352 g/mol. The molecule has 28 heavy (non-hydrogen) atoms. The summed E-state index contributed by atoms with van der Waals surface area (Å²) in [5, 5.41) is 16.4. The number of carbonyl (C=O) groups is 1. The maximum absolute atomic E-state index is 12.5. The minimum absolute atomic E-state index is 0.102. The zero-order valence-corrected chi connectivity index (χ0v) is 16.4. The van der Waals surface area contributed by atoms with Gasteiger partial charge in [0.05, 0.1) is 23.7 Å². The Kier molecular flexibility index (Phi) is 5.50. The number of nitriles is 1. The van der Waals surface area contributed by atoms with Gasteiger partial charge >= 0.3 is 0 Å². The average Bonchev–Trinajstić information content (AvgIpc) is 2.94. The SMILES string of the molecule is Cc1cc(C)nc(-n2nc(C)c(CC(=O)NCc3cccc(C#N)c3)c2C)n1. The fourth-order valence-corrected chi connectivity index (χ4v) is 3.10. The van der Waals surface area contributed by atoms with Crippen LogP contribution < -0.4 is 5.32 Å².